The van der Waals surface area contributed by atoms with Crippen molar-refractivity contribution in [3.8, 4) is 0 Å². The van der Waals surface area contributed by atoms with Crippen molar-refractivity contribution >= 4 is 0 Å². The standard InChI is InChI=1S/C14H26N4/c1-11(14-12(2)16-17(4)13(14)3)15-7-10-18-8-5-6-9-18/h11,15H,5-10H2,1-4H3. The van der Waals surface area contributed by atoms with Gasteiger partial charge < -0.3 is 10.2 Å². The molecule has 18 heavy (non-hydrogen) atoms. The third-order valence-corrected chi connectivity index (χ3v) is 4.08. The van der Waals surface area contributed by atoms with E-state index in [1.165, 1.54) is 43.7 Å². The summed E-state index contributed by atoms with van der Waals surface area (Å²) in [6.07, 6.45) is 2.74. The van der Waals surface area contributed by atoms with E-state index >= 15 is 0 Å². The highest BCUT2D eigenvalue weighted by Gasteiger charge is 2.16. The third kappa shape index (κ3) is 2.93. The highest BCUT2D eigenvalue weighted by molar-refractivity contribution is 5.27. The van der Waals surface area contributed by atoms with Gasteiger partial charge in [0.25, 0.3) is 0 Å². The first-order valence-corrected chi connectivity index (χ1v) is 7.05. The van der Waals surface area contributed by atoms with Crippen molar-refractivity contribution in [3.05, 3.63) is 17.0 Å². The largest absolute Gasteiger partial charge is 0.309 e. The molecule has 2 heterocycles. The van der Waals surface area contributed by atoms with Crippen LogP contribution in [0.25, 0.3) is 0 Å². The third-order valence-electron chi connectivity index (χ3n) is 4.08. The lowest BCUT2D eigenvalue weighted by atomic mass is 10.1. The molecule has 1 aliphatic heterocycles. The molecule has 102 valence electrons. The molecule has 1 aliphatic rings. The Bertz CT molecular complexity index is 391. The van der Waals surface area contributed by atoms with E-state index in [9.17, 15) is 0 Å². The number of hydrogen-bond acceptors (Lipinski definition) is 3. The van der Waals surface area contributed by atoms with Crippen LogP contribution in [0, 0.1) is 13.8 Å². The van der Waals surface area contributed by atoms with Crippen LogP contribution in [-0.2, 0) is 7.05 Å². The molecule has 4 nitrogen and oxygen atoms in total. The Morgan fingerprint density at radius 1 is 1.28 bits per heavy atom. The summed E-state index contributed by atoms with van der Waals surface area (Å²) in [6, 6.07) is 0.390. The molecule has 4 heteroatoms. The molecular weight excluding hydrogens is 224 g/mol. The van der Waals surface area contributed by atoms with Crippen LogP contribution in [0.2, 0.25) is 0 Å². The lowest BCUT2D eigenvalue weighted by molar-refractivity contribution is 0.329. The lowest BCUT2D eigenvalue weighted by Crippen LogP contribution is -2.31. The van der Waals surface area contributed by atoms with Gasteiger partial charge in [-0.25, -0.2) is 0 Å². The van der Waals surface area contributed by atoms with E-state index in [0.717, 1.165) is 12.2 Å². The summed E-state index contributed by atoms with van der Waals surface area (Å²) in [5, 5.41) is 8.11. The molecule has 1 saturated heterocycles. The number of aromatic nitrogens is 2. The van der Waals surface area contributed by atoms with Gasteiger partial charge in [-0.15, -0.1) is 0 Å². The summed E-state index contributed by atoms with van der Waals surface area (Å²) in [7, 11) is 2.02. The predicted octanol–water partition coefficient (Wildman–Crippen LogP) is 1.78. The Morgan fingerprint density at radius 3 is 2.50 bits per heavy atom. The van der Waals surface area contributed by atoms with E-state index < -0.39 is 0 Å². The van der Waals surface area contributed by atoms with Crippen LogP contribution in [0.5, 0.6) is 0 Å². The quantitative estimate of drug-likeness (QED) is 0.865. The molecule has 0 spiro atoms. The minimum Gasteiger partial charge on any atom is -0.309 e. The van der Waals surface area contributed by atoms with Crippen LogP contribution in [0.3, 0.4) is 0 Å². The fourth-order valence-electron chi connectivity index (χ4n) is 2.96. The molecule has 0 radical (unpaired) electrons. The highest BCUT2D eigenvalue weighted by Crippen LogP contribution is 2.20. The summed E-state index contributed by atoms with van der Waals surface area (Å²) in [4.78, 5) is 2.54. The minimum atomic E-state index is 0.390. The predicted molar refractivity (Wildman–Crippen MR) is 74.8 cm³/mol. The molecule has 0 bridgehead atoms. The van der Waals surface area contributed by atoms with Gasteiger partial charge in [-0.05, 0) is 46.7 Å². The number of likely N-dealkylation sites (tertiary alicyclic amines) is 1. The first-order chi connectivity index (χ1) is 8.59. The van der Waals surface area contributed by atoms with Crippen LogP contribution < -0.4 is 5.32 Å². The van der Waals surface area contributed by atoms with Gasteiger partial charge in [0.2, 0.25) is 0 Å². The molecular formula is C14H26N4. The Kier molecular flexibility index (Phi) is 4.40. The van der Waals surface area contributed by atoms with Crippen LogP contribution in [0.1, 0.15) is 42.8 Å². The monoisotopic (exact) mass is 250 g/mol. The van der Waals surface area contributed by atoms with Crippen molar-refractivity contribution in [2.75, 3.05) is 26.2 Å². The molecule has 1 fully saturated rings. The molecule has 2 rings (SSSR count). The SMILES string of the molecule is Cc1nn(C)c(C)c1C(C)NCCN1CCCC1. The number of rotatable bonds is 5. The molecule has 1 N–H and O–H groups in total. The van der Waals surface area contributed by atoms with Crippen molar-refractivity contribution in [2.45, 2.75) is 39.7 Å². The minimum absolute atomic E-state index is 0.390. The molecule has 1 aromatic heterocycles. The van der Waals surface area contributed by atoms with Gasteiger partial charge in [0.1, 0.15) is 0 Å². The van der Waals surface area contributed by atoms with Gasteiger partial charge in [-0.1, -0.05) is 0 Å². The Balaban J connectivity index is 1.85. The topological polar surface area (TPSA) is 33.1 Å². The molecule has 0 aliphatic carbocycles. The zero-order chi connectivity index (χ0) is 13.1. The van der Waals surface area contributed by atoms with Gasteiger partial charge in [0.05, 0.1) is 5.69 Å². The number of hydrogen-bond donors (Lipinski definition) is 1. The number of aryl methyl sites for hydroxylation is 2. The van der Waals surface area contributed by atoms with Gasteiger partial charge in [-0.2, -0.15) is 5.10 Å². The van der Waals surface area contributed by atoms with Crippen LogP contribution in [0.4, 0.5) is 0 Å². The molecule has 1 atom stereocenters. The van der Waals surface area contributed by atoms with Crippen molar-refractivity contribution in [1.82, 2.24) is 20.0 Å². The summed E-state index contributed by atoms with van der Waals surface area (Å²) >= 11 is 0. The van der Waals surface area contributed by atoms with E-state index in [-0.39, 0.29) is 0 Å². The molecule has 0 amide bonds. The Morgan fingerprint density at radius 2 is 1.94 bits per heavy atom. The smallest absolute Gasteiger partial charge is 0.0644 e. The molecule has 1 unspecified atom stereocenters. The molecule has 0 saturated carbocycles. The highest BCUT2D eigenvalue weighted by atomic mass is 15.3. The van der Waals surface area contributed by atoms with E-state index in [1.54, 1.807) is 0 Å². The lowest BCUT2D eigenvalue weighted by Gasteiger charge is -2.18. The number of nitrogens with zero attached hydrogens (tertiary/aromatic N) is 3. The van der Waals surface area contributed by atoms with Gasteiger partial charge >= 0.3 is 0 Å². The average molecular weight is 250 g/mol. The average Bonchev–Trinajstić information content (AvgIpc) is 2.89. The second-order valence-electron chi connectivity index (χ2n) is 5.43. The summed E-state index contributed by atoms with van der Waals surface area (Å²) in [5.41, 5.74) is 3.78. The van der Waals surface area contributed by atoms with Gasteiger partial charge in [0, 0.05) is 37.4 Å². The Labute approximate surface area is 110 Å². The zero-order valence-electron chi connectivity index (χ0n) is 12.2. The maximum absolute atomic E-state index is 4.48. The first-order valence-electron chi connectivity index (χ1n) is 7.05. The van der Waals surface area contributed by atoms with E-state index in [2.05, 4.69) is 36.1 Å². The molecule has 0 aromatic carbocycles. The van der Waals surface area contributed by atoms with E-state index in [0.29, 0.717) is 6.04 Å². The fraction of sp³-hybridized carbons (Fsp3) is 0.786. The van der Waals surface area contributed by atoms with Gasteiger partial charge in [0.15, 0.2) is 0 Å². The second kappa shape index (κ2) is 5.85. The van der Waals surface area contributed by atoms with Crippen LogP contribution >= 0.6 is 0 Å². The summed E-state index contributed by atoms with van der Waals surface area (Å²) in [6.45, 7) is 11.3. The Hall–Kier alpha value is -0.870. The van der Waals surface area contributed by atoms with Crippen LogP contribution in [0.15, 0.2) is 0 Å². The van der Waals surface area contributed by atoms with Crippen molar-refractivity contribution in [3.63, 3.8) is 0 Å². The normalized spacial score (nSPS) is 18.4. The van der Waals surface area contributed by atoms with Crippen molar-refractivity contribution in [2.24, 2.45) is 7.05 Å². The summed E-state index contributed by atoms with van der Waals surface area (Å²) in [5.74, 6) is 0. The number of nitrogens with one attached hydrogen (secondary N) is 1. The van der Waals surface area contributed by atoms with Gasteiger partial charge in [-0.3, -0.25) is 4.68 Å². The van der Waals surface area contributed by atoms with Crippen molar-refractivity contribution in [1.29, 1.82) is 0 Å². The fourth-order valence-corrected chi connectivity index (χ4v) is 2.96. The maximum Gasteiger partial charge on any atom is 0.0644 e. The maximum atomic E-state index is 4.48. The first kappa shape index (κ1) is 13.6. The van der Waals surface area contributed by atoms with Crippen LogP contribution in [-0.4, -0.2) is 40.9 Å². The van der Waals surface area contributed by atoms with E-state index in [1.807, 2.05) is 11.7 Å². The molecule has 1 aromatic rings. The second-order valence-corrected chi connectivity index (χ2v) is 5.43. The van der Waals surface area contributed by atoms with Crippen molar-refractivity contribution < 1.29 is 0 Å². The zero-order valence-corrected chi connectivity index (χ0v) is 12.2. The van der Waals surface area contributed by atoms with E-state index in [4.69, 9.17) is 0 Å². The summed E-state index contributed by atoms with van der Waals surface area (Å²) < 4.78 is 1.98.